The average molecular weight is 342 g/mol. The van der Waals surface area contributed by atoms with Crippen molar-refractivity contribution in [3.05, 3.63) is 59.7 Å². The van der Waals surface area contributed by atoms with E-state index in [9.17, 15) is 4.79 Å². The molecule has 0 aromatic heterocycles. The zero-order chi connectivity index (χ0) is 18.1. The third-order valence-electron chi connectivity index (χ3n) is 3.70. The molecule has 0 aliphatic heterocycles. The Bertz CT molecular complexity index is 672. The van der Waals surface area contributed by atoms with Crippen LogP contribution in [-0.2, 0) is 6.61 Å². The Balaban J connectivity index is 2.20. The molecule has 5 nitrogen and oxygen atoms in total. The van der Waals surface area contributed by atoms with Crippen LogP contribution in [0.5, 0.6) is 11.5 Å². The molecule has 0 atom stereocenters. The maximum atomic E-state index is 12.6. The predicted molar refractivity (Wildman–Crippen MR) is 99.0 cm³/mol. The van der Waals surface area contributed by atoms with Gasteiger partial charge in [0.05, 0.1) is 6.61 Å². The molecule has 2 aromatic rings. The number of ether oxygens (including phenoxy) is 2. The van der Waals surface area contributed by atoms with Gasteiger partial charge in [0.1, 0.15) is 23.7 Å². The molecule has 0 heterocycles. The van der Waals surface area contributed by atoms with E-state index in [1.54, 1.807) is 26.2 Å². The Morgan fingerprint density at radius 3 is 2.28 bits per heavy atom. The van der Waals surface area contributed by atoms with Gasteiger partial charge in [-0.15, -0.1) is 0 Å². The van der Waals surface area contributed by atoms with Crippen molar-refractivity contribution < 1.29 is 14.3 Å². The number of hydrogen-bond acceptors (Lipinski definition) is 4. The molecular formula is C20H26N2O3. The first kappa shape index (κ1) is 18.8. The fourth-order valence-corrected chi connectivity index (χ4v) is 2.35. The van der Waals surface area contributed by atoms with E-state index in [1.807, 2.05) is 36.4 Å². The number of carbonyl (C=O) groups excluding carboxylic acids is 1. The van der Waals surface area contributed by atoms with Crippen molar-refractivity contribution in [3.63, 3.8) is 0 Å². The summed E-state index contributed by atoms with van der Waals surface area (Å²) < 4.78 is 11.7. The van der Waals surface area contributed by atoms with Crippen LogP contribution in [0.3, 0.4) is 0 Å². The van der Waals surface area contributed by atoms with Crippen molar-refractivity contribution >= 4 is 5.91 Å². The summed E-state index contributed by atoms with van der Waals surface area (Å²) in [6, 6.07) is 15.3. The molecule has 2 N–H and O–H groups in total. The Labute approximate surface area is 149 Å². The Hall–Kier alpha value is -2.53. The highest BCUT2D eigenvalue weighted by Gasteiger charge is 2.20. The molecule has 0 spiro atoms. The van der Waals surface area contributed by atoms with E-state index in [0.717, 1.165) is 18.4 Å². The third-order valence-corrected chi connectivity index (χ3v) is 3.70. The minimum Gasteiger partial charge on any atom is -0.493 e. The number of nitrogens with zero attached hydrogens (tertiary/aromatic N) is 1. The van der Waals surface area contributed by atoms with Crippen LogP contribution < -0.4 is 15.2 Å². The lowest BCUT2D eigenvalue weighted by Crippen LogP contribution is -2.23. The predicted octanol–water partition coefficient (Wildman–Crippen LogP) is 3.09. The number of amides is 1. The molecule has 0 saturated carbocycles. The SMILES string of the molecule is CN(C)C(=O)c1c(OCCCCN)cccc1OCc1ccccc1. The molecule has 5 heteroatoms. The van der Waals surface area contributed by atoms with Crippen LogP contribution in [0.1, 0.15) is 28.8 Å². The van der Waals surface area contributed by atoms with Gasteiger partial charge in [-0.25, -0.2) is 0 Å². The van der Waals surface area contributed by atoms with E-state index in [2.05, 4.69) is 0 Å². The molecule has 0 unspecified atom stereocenters. The van der Waals surface area contributed by atoms with Gasteiger partial charge in [-0.1, -0.05) is 36.4 Å². The van der Waals surface area contributed by atoms with Gasteiger partial charge in [0.15, 0.2) is 0 Å². The van der Waals surface area contributed by atoms with Crippen molar-refractivity contribution in [3.8, 4) is 11.5 Å². The van der Waals surface area contributed by atoms with Gasteiger partial charge < -0.3 is 20.1 Å². The second-order valence-corrected chi connectivity index (χ2v) is 5.95. The van der Waals surface area contributed by atoms with E-state index in [1.165, 1.54) is 4.90 Å². The third kappa shape index (κ3) is 5.50. The summed E-state index contributed by atoms with van der Waals surface area (Å²) in [6.07, 6.45) is 1.74. The zero-order valence-corrected chi connectivity index (χ0v) is 14.9. The van der Waals surface area contributed by atoms with Crippen molar-refractivity contribution in [1.82, 2.24) is 4.90 Å². The van der Waals surface area contributed by atoms with Crippen LogP contribution in [0.15, 0.2) is 48.5 Å². The molecule has 134 valence electrons. The van der Waals surface area contributed by atoms with Crippen LogP contribution in [0.4, 0.5) is 0 Å². The summed E-state index contributed by atoms with van der Waals surface area (Å²) in [6.45, 7) is 1.55. The number of hydrogen-bond donors (Lipinski definition) is 1. The first-order valence-electron chi connectivity index (χ1n) is 8.47. The quantitative estimate of drug-likeness (QED) is 0.711. The normalized spacial score (nSPS) is 10.4. The molecule has 0 radical (unpaired) electrons. The summed E-state index contributed by atoms with van der Waals surface area (Å²) in [5.74, 6) is 0.928. The smallest absolute Gasteiger partial charge is 0.260 e. The average Bonchev–Trinajstić information content (AvgIpc) is 2.63. The van der Waals surface area contributed by atoms with E-state index in [0.29, 0.717) is 36.8 Å². The molecule has 0 aliphatic rings. The number of rotatable bonds is 9. The van der Waals surface area contributed by atoms with Gasteiger partial charge in [0, 0.05) is 14.1 Å². The van der Waals surface area contributed by atoms with Crippen molar-refractivity contribution in [2.75, 3.05) is 27.2 Å². The molecule has 2 aromatic carbocycles. The first-order valence-corrected chi connectivity index (χ1v) is 8.47. The largest absolute Gasteiger partial charge is 0.493 e. The molecule has 25 heavy (non-hydrogen) atoms. The van der Waals surface area contributed by atoms with E-state index >= 15 is 0 Å². The Kier molecular flexibility index (Phi) is 7.29. The first-order chi connectivity index (χ1) is 12.1. The number of nitrogens with two attached hydrogens (primary N) is 1. The molecule has 2 rings (SSSR count). The highest BCUT2D eigenvalue weighted by molar-refractivity contribution is 5.99. The summed E-state index contributed by atoms with van der Waals surface area (Å²) in [7, 11) is 3.43. The lowest BCUT2D eigenvalue weighted by atomic mass is 10.1. The lowest BCUT2D eigenvalue weighted by Gasteiger charge is -2.18. The standard InChI is InChI=1S/C20H26N2O3/c1-22(2)20(23)19-17(24-14-7-6-13-21)11-8-12-18(19)25-15-16-9-4-3-5-10-16/h3-5,8-12H,6-7,13-15,21H2,1-2H3. The molecule has 0 aliphatic carbocycles. The van der Waals surface area contributed by atoms with E-state index < -0.39 is 0 Å². The lowest BCUT2D eigenvalue weighted by molar-refractivity contribution is 0.0818. The Morgan fingerprint density at radius 1 is 0.960 bits per heavy atom. The maximum Gasteiger partial charge on any atom is 0.260 e. The molecular weight excluding hydrogens is 316 g/mol. The number of carbonyl (C=O) groups is 1. The molecule has 0 fully saturated rings. The monoisotopic (exact) mass is 342 g/mol. The fourth-order valence-electron chi connectivity index (χ4n) is 2.35. The summed E-state index contributed by atoms with van der Waals surface area (Å²) in [4.78, 5) is 14.2. The molecule has 0 bridgehead atoms. The van der Waals surface area contributed by atoms with Crippen LogP contribution >= 0.6 is 0 Å². The van der Waals surface area contributed by atoms with E-state index in [4.69, 9.17) is 15.2 Å². The molecule has 1 amide bonds. The van der Waals surface area contributed by atoms with Gasteiger partial charge in [0.2, 0.25) is 0 Å². The zero-order valence-electron chi connectivity index (χ0n) is 14.9. The number of benzene rings is 2. The van der Waals surface area contributed by atoms with Crippen LogP contribution in [-0.4, -0.2) is 38.1 Å². The minimum atomic E-state index is -0.141. The van der Waals surface area contributed by atoms with Crippen LogP contribution in [0, 0.1) is 0 Å². The summed E-state index contributed by atoms with van der Waals surface area (Å²) in [5, 5.41) is 0. The number of unbranched alkanes of at least 4 members (excludes halogenated alkanes) is 1. The van der Waals surface area contributed by atoms with Crippen molar-refractivity contribution in [2.24, 2.45) is 5.73 Å². The second-order valence-electron chi connectivity index (χ2n) is 5.95. The van der Waals surface area contributed by atoms with Crippen molar-refractivity contribution in [1.29, 1.82) is 0 Å². The maximum absolute atomic E-state index is 12.6. The fraction of sp³-hybridized carbons (Fsp3) is 0.350. The Morgan fingerprint density at radius 2 is 1.64 bits per heavy atom. The van der Waals surface area contributed by atoms with Gasteiger partial charge in [-0.2, -0.15) is 0 Å². The molecule has 0 saturated heterocycles. The van der Waals surface area contributed by atoms with Gasteiger partial charge in [-0.05, 0) is 37.1 Å². The minimum absolute atomic E-state index is 0.141. The van der Waals surface area contributed by atoms with Crippen LogP contribution in [0.2, 0.25) is 0 Å². The topological polar surface area (TPSA) is 64.8 Å². The van der Waals surface area contributed by atoms with Gasteiger partial charge in [0.25, 0.3) is 5.91 Å². The van der Waals surface area contributed by atoms with Crippen molar-refractivity contribution in [2.45, 2.75) is 19.4 Å². The van der Waals surface area contributed by atoms with Gasteiger partial charge in [-0.3, -0.25) is 4.79 Å². The highest BCUT2D eigenvalue weighted by atomic mass is 16.5. The summed E-state index contributed by atoms with van der Waals surface area (Å²) >= 11 is 0. The summed E-state index contributed by atoms with van der Waals surface area (Å²) in [5.41, 5.74) is 7.00. The van der Waals surface area contributed by atoms with Crippen LogP contribution in [0.25, 0.3) is 0 Å². The highest BCUT2D eigenvalue weighted by Crippen LogP contribution is 2.30. The second kappa shape index (κ2) is 9.69. The van der Waals surface area contributed by atoms with E-state index in [-0.39, 0.29) is 5.91 Å². The van der Waals surface area contributed by atoms with Gasteiger partial charge >= 0.3 is 0 Å².